The molecule has 1 aliphatic heterocycles. The lowest BCUT2D eigenvalue weighted by Gasteiger charge is -2.46. The summed E-state index contributed by atoms with van der Waals surface area (Å²) in [5, 5.41) is 0. The third-order valence-electron chi connectivity index (χ3n) is 6.43. The van der Waals surface area contributed by atoms with Crippen molar-refractivity contribution in [2.45, 2.75) is 110 Å². The van der Waals surface area contributed by atoms with Gasteiger partial charge in [0.2, 0.25) is 0 Å². The zero-order valence-electron chi connectivity index (χ0n) is 15.1. The molecule has 0 bridgehead atoms. The summed E-state index contributed by atoms with van der Waals surface area (Å²) < 4.78 is 0. The minimum absolute atomic E-state index is 0.499. The van der Waals surface area contributed by atoms with Gasteiger partial charge in [-0.1, -0.05) is 58.8 Å². The molecule has 21 heavy (non-hydrogen) atoms. The normalized spacial score (nSPS) is 24.1. The summed E-state index contributed by atoms with van der Waals surface area (Å²) in [6, 6.07) is 0. The predicted octanol–water partition coefficient (Wildman–Crippen LogP) is 6.17. The van der Waals surface area contributed by atoms with Crippen LogP contribution in [0.3, 0.4) is 0 Å². The summed E-state index contributed by atoms with van der Waals surface area (Å²) in [6.07, 6.45) is 18.8. The van der Waals surface area contributed by atoms with Gasteiger partial charge >= 0.3 is 0 Å². The molecule has 1 aliphatic carbocycles. The van der Waals surface area contributed by atoms with Crippen molar-refractivity contribution in [1.29, 1.82) is 0 Å². The number of hydrogen-bond acceptors (Lipinski definition) is 1. The number of rotatable bonds is 10. The van der Waals surface area contributed by atoms with Crippen LogP contribution in [0.4, 0.5) is 0 Å². The molecule has 1 spiro atoms. The number of unbranched alkanes of at least 4 members (excludes halogenated alkanes) is 5. The molecule has 1 atom stereocenters. The maximum Gasteiger partial charge on any atom is 0.0181 e. The van der Waals surface area contributed by atoms with E-state index in [1.165, 1.54) is 96.6 Å². The Morgan fingerprint density at radius 1 is 0.762 bits per heavy atom. The number of nitrogens with zero attached hydrogens (tertiary/aromatic N) is 1. The first-order valence-electron chi connectivity index (χ1n) is 9.89. The van der Waals surface area contributed by atoms with E-state index in [1.807, 2.05) is 0 Å². The molecule has 1 heteroatoms. The van der Waals surface area contributed by atoms with E-state index in [4.69, 9.17) is 0 Å². The minimum Gasteiger partial charge on any atom is -0.298 e. The molecule has 1 saturated heterocycles. The van der Waals surface area contributed by atoms with Crippen LogP contribution < -0.4 is 0 Å². The fourth-order valence-corrected chi connectivity index (χ4v) is 4.33. The van der Waals surface area contributed by atoms with Gasteiger partial charge in [-0.25, -0.2) is 0 Å². The van der Waals surface area contributed by atoms with Crippen molar-refractivity contribution in [3.8, 4) is 0 Å². The van der Waals surface area contributed by atoms with Crippen molar-refractivity contribution in [3.63, 3.8) is 0 Å². The minimum atomic E-state index is 0.499. The fraction of sp³-hybridized carbons (Fsp3) is 1.00. The Labute approximate surface area is 133 Å². The van der Waals surface area contributed by atoms with E-state index >= 15 is 0 Å². The molecule has 1 saturated carbocycles. The molecule has 0 radical (unpaired) electrons. The lowest BCUT2D eigenvalue weighted by Crippen LogP contribution is -2.50. The molecular weight excluding hydrogens is 254 g/mol. The average molecular weight is 294 g/mol. The van der Waals surface area contributed by atoms with Crippen LogP contribution in [0.2, 0.25) is 0 Å². The molecule has 1 heterocycles. The molecule has 0 aromatic heterocycles. The van der Waals surface area contributed by atoms with Crippen LogP contribution in [-0.4, -0.2) is 23.5 Å². The molecule has 0 aromatic carbocycles. The van der Waals surface area contributed by atoms with Crippen LogP contribution in [0.15, 0.2) is 0 Å². The smallest absolute Gasteiger partial charge is 0.0181 e. The number of piperidine rings is 1. The fourth-order valence-electron chi connectivity index (χ4n) is 4.33. The van der Waals surface area contributed by atoms with E-state index < -0.39 is 0 Å². The summed E-state index contributed by atoms with van der Waals surface area (Å²) in [6.45, 7) is 10.0. The van der Waals surface area contributed by atoms with Crippen LogP contribution in [0.5, 0.6) is 0 Å². The molecule has 2 fully saturated rings. The highest BCUT2D eigenvalue weighted by Crippen LogP contribution is 2.54. The third kappa shape index (κ3) is 4.98. The van der Waals surface area contributed by atoms with Gasteiger partial charge in [-0.3, -0.25) is 4.90 Å². The SMILES string of the molecule is CCCCCCC(C)(CCCCC)N1CCC2(CC1)CC2. The maximum absolute atomic E-state index is 2.89. The summed E-state index contributed by atoms with van der Waals surface area (Å²) in [5.41, 5.74) is 1.32. The highest BCUT2D eigenvalue weighted by atomic mass is 15.2. The van der Waals surface area contributed by atoms with Gasteiger partial charge in [0.25, 0.3) is 0 Å². The van der Waals surface area contributed by atoms with E-state index in [0.29, 0.717) is 5.54 Å². The molecule has 124 valence electrons. The van der Waals surface area contributed by atoms with Crippen molar-refractivity contribution in [1.82, 2.24) is 4.90 Å². The van der Waals surface area contributed by atoms with E-state index in [9.17, 15) is 0 Å². The third-order valence-corrected chi connectivity index (χ3v) is 6.43. The van der Waals surface area contributed by atoms with Crippen LogP contribution in [0.25, 0.3) is 0 Å². The summed E-state index contributed by atoms with van der Waals surface area (Å²) in [7, 11) is 0. The van der Waals surface area contributed by atoms with Gasteiger partial charge in [0.05, 0.1) is 0 Å². The van der Waals surface area contributed by atoms with E-state index in [2.05, 4.69) is 25.7 Å². The molecule has 2 rings (SSSR count). The van der Waals surface area contributed by atoms with Crippen molar-refractivity contribution >= 4 is 0 Å². The van der Waals surface area contributed by atoms with Gasteiger partial charge < -0.3 is 0 Å². The topological polar surface area (TPSA) is 3.24 Å². The van der Waals surface area contributed by atoms with Crippen molar-refractivity contribution in [3.05, 3.63) is 0 Å². The molecule has 1 nitrogen and oxygen atoms in total. The van der Waals surface area contributed by atoms with Crippen molar-refractivity contribution < 1.29 is 0 Å². The Morgan fingerprint density at radius 2 is 1.29 bits per heavy atom. The molecule has 0 amide bonds. The van der Waals surface area contributed by atoms with Crippen LogP contribution in [-0.2, 0) is 0 Å². The highest BCUT2D eigenvalue weighted by molar-refractivity contribution is 5.00. The first-order chi connectivity index (χ1) is 10.1. The summed E-state index contributed by atoms with van der Waals surface area (Å²) in [5.74, 6) is 0. The van der Waals surface area contributed by atoms with E-state index in [-0.39, 0.29) is 0 Å². The predicted molar refractivity (Wildman–Crippen MR) is 93.8 cm³/mol. The van der Waals surface area contributed by atoms with Crippen LogP contribution in [0, 0.1) is 5.41 Å². The first-order valence-corrected chi connectivity index (χ1v) is 9.89. The Bertz CT molecular complexity index is 284. The van der Waals surface area contributed by atoms with Gasteiger partial charge in [-0.05, 0) is 64.0 Å². The van der Waals surface area contributed by atoms with Gasteiger partial charge in [0.1, 0.15) is 0 Å². The maximum atomic E-state index is 2.89. The zero-order chi connectivity index (χ0) is 15.2. The zero-order valence-corrected chi connectivity index (χ0v) is 15.1. The number of hydrogen-bond donors (Lipinski definition) is 0. The second-order valence-corrected chi connectivity index (χ2v) is 8.25. The van der Waals surface area contributed by atoms with Gasteiger partial charge in [-0.2, -0.15) is 0 Å². The Morgan fingerprint density at radius 3 is 1.81 bits per heavy atom. The second-order valence-electron chi connectivity index (χ2n) is 8.25. The molecule has 0 aromatic rings. The highest BCUT2D eigenvalue weighted by Gasteiger charge is 2.46. The lowest BCUT2D eigenvalue weighted by atomic mass is 9.83. The molecular formula is C20H39N. The largest absolute Gasteiger partial charge is 0.298 e. The average Bonchev–Trinajstić information content (AvgIpc) is 3.24. The number of likely N-dealkylation sites (tertiary alicyclic amines) is 1. The van der Waals surface area contributed by atoms with Gasteiger partial charge in [0.15, 0.2) is 0 Å². The van der Waals surface area contributed by atoms with Crippen molar-refractivity contribution in [2.75, 3.05) is 13.1 Å². The van der Waals surface area contributed by atoms with Gasteiger partial charge in [0, 0.05) is 5.54 Å². The Kier molecular flexibility index (Phi) is 6.59. The second kappa shape index (κ2) is 7.99. The van der Waals surface area contributed by atoms with Crippen LogP contribution >= 0.6 is 0 Å². The Balaban J connectivity index is 1.83. The molecule has 1 unspecified atom stereocenters. The first kappa shape index (κ1) is 17.3. The van der Waals surface area contributed by atoms with E-state index in [0.717, 1.165) is 5.41 Å². The Hall–Kier alpha value is -0.0400. The van der Waals surface area contributed by atoms with E-state index in [1.54, 1.807) is 0 Å². The summed E-state index contributed by atoms with van der Waals surface area (Å²) >= 11 is 0. The van der Waals surface area contributed by atoms with Gasteiger partial charge in [-0.15, -0.1) is 0 Å². The molecule has 2 aliphatic rings. The summed E-state index contributed by atoms with van der Waals surface area (Å²) in [4.78, 5) is 2.89. The van der Waals surface area contributed by atoms with Crippen molar-refractivity contribution in [2.24, 2.45) is 5.41 Å². The molecule has 0 N–H and O–H groups in total. The quantitative estimate of drug-likeness (QED) is 0.435. The van der Waals surface area contributed by atoms with Crippen LogP contribution in [0.1, 0.15) is 104 Å². The standard InChI is InChI=1S/C20H39N/c1-4-6-8-10-12-19(3,11-9-7-5-2)21-17-15-20(13-14-20)16-18-21/h4-18H2,1-3H3. The lowest BCUT2D eigenvalue weighted by molar-refractivity contribution is 0.0397. The monoisotopic (exact) mass is 293 g/mol.